The minimum Gasteiger partial charge on any atom is -0.317 e. The van der Waals surface area contributed by atoms with Crippen molar-refractivity contribution < 1.29 is 0 Å². The normalized spacial score (nSPS) is 19.7. The highest BCUT2D eigenvalue weighted by Crippen LogP contribution is 2.32. The molecular weight excluding hydrogens is 262 g/mol. The quantitative estimate of drug-likeness (QED) is 0.868. The summed E-state index contributed by atoms with van der Waals surface area (Å²) in [6.07, 6.45) is 2.63. The molecule has 16 heavy (non-hydrogen) atoms. The van der Waals surface area contributed by atoms with E-state index in [1.54, 1.807) is 0 Å². The summed E-state index contributed by atoms with van der Waals surface area (Å²) in [5.74, 6) is 1.54. The van der Waals surface area contributed by atoms with Gasteiger partial charge in [0.15, 0.2) is 0 Å². The first-order valence-corrected chi connectivity index (χ1v) is 6.94. The van der Waals surface area contributed by atoms with Crippen LogP contribution in [0.5, 0.6) is 0 Å². The Kier molecular flexibility index (Phi) is 4.04. The number of halogens is 1. The van der Waals surface area contributed by atoms with E-state index >= 15 is 0 Å². The largest absolute Gasteiger partial charge is 0.317 e. The second kappa shape index (κ2) is 5.33. The van der Waals surface area contributed by atoms with Crippen LogP contribution >= 0.6 is 15.9 Å². The first-order chi connectivity index (χ1) is 7.68. The third-order valence-corrected chi connectivity index (χ3v) is 4.69. The molecule has 0 bridgehead atoms. The fourth-order valence-electron chi connectivity index (χ4n) is 2.57. The number of hydrogen-bond acceptors (Lipinski definition) is 1. The molecule has 1 atom stereocenters. The SMILES string of the molecule is Cc1cc(C(C)C2CCNCC2)ccc1Br. The highest BCUT2D eigenvalue weighted by atomic mass is 79.9. The van der Waals surface area contributed by atoms with E-state index in [0.29, 0.717) is 5.92 Å². The maximum atomic E-state index is 3.56. The second-order valence-electron chi connectivity index (χ2n) is 4.88. The lowest BCUT2D eigenvalue weighted by atomic mass is 9.81. The van der Waals surface area contributed by atoms with Crippen molar-refractivity contribution in [1.29, 1.82) is 0 Å². The van der Waals surface area contributed by atoms with Crippen molar-refractivity contribution in [2.45, 2.75) is 32.6 Å². The van der Waals surface area contributed by atoms with Crippen molar-refractivity contribution in [3.05, 3.63) is 33.8 Å². The molecule has 1 unspecified atom stereocenters. The Labute approximate surface area is 107 Å². The third kappa shape index (κ3) is 2.67. The Morgan fingerprint density at radius 1 is 1.31 bits per heavy atom. The average Bonchev–Trinajstić information content (AvgIpc) is 2.33. The smallest absolute Gasteiger partial charge is 0.0204 e. The summed E-state index contributed by atoms with van der Waals surface area (Å²) < 4.78 is 1.22. The molecule has 0 amide bonds. The maximum absolute atomic E-state index is 3.56. The molecule has 1 aromatic rings. The number of rotatable bonds is 2. The molecule has 1 nitrogen and oxygen atoms in total. The van der Waals surface area contributed by atoms with E-state index in [-0.39, 0.29) is 0 Å². The lowest BCUT2D eigenvalue weighted by Crippen LogP contribution is -2.30. The molecule has 2 heteroatoms. The van der Waals surface area contributed by atoms with E-state index in [4.69, 9.17) is 0 Å². The average molecular weight is 282 g/mol. The van der Waals surface area contributed by atoms with Crippen LogP contribution in [0.1, 0.15) is 36.8 Å². The molecule has 0 aromatic heterocycles. The number of nitrogens with one attached hydrogen (secondary N) is 1. The third-order valence-electron chi connectivity index (χ3n) is 3.80. The Bertz CT molecular complexity index is 356. The Balaban J connectivity index is 2.12. The highest BCUT2D eigenvalue weighted by Gasteiger charge is 2.21. The zero-order chi connectivity index (χ0) is 11.5. The molecule has 0 radical (unpaired) electrons. The van der Waals surface area contributed by atoms with Crippen LogP contribution in [-0.2, 0) is 0 Å². The molecule has 1 heterocycles. The summed E-state index contributed by atoms with van der Waals surface area (Å²) in [7, 11) is 0. The molecule has 1 aliphatic rings. The molecule has 0 aliphatic carbocycles. The summed E-state index contributed by atoms with van der Waals surface area (Å²) in [6, 6.07) is 6.78. The first-order valence-electron chi connectivity index (χ1n) is 6.15. The van der Waals surface area contributed by atoms with Crippen molar-refractivity contribution in [3.63, 3.8) is 0 Å². The molecule has 1 fully saturated rings. The molecule has 2 rings (SSSR count). The van der Waals surface area contributed by atoms with Crippen molar-refractivity contribution in [2.75, 3.05) is 13.1 Å². The van der Waals surface area contributed by atoms with Crippen LogP contribution in [0.2, 0.25) is 0 Å². The van der Waals surface area contributed by atoms with Crippen molar-refractivity contribution in [3.8, 4) is 0 Å². The van der Waals surface area contributed by atoms with Crippen LogP contribution in [-0.4, -0.2) is 13.1 Å². The predicted octanol–water partition coefficient (Wildman–Crippen LogP) is 3.86. The van der Waals surface area contributed by atoms with Crippen LogP contribution in [0.25, 0.3) is 0 Å². The number of aryl methyl sites for hydroxylation is 1. The fourth-order valence-corrected chi connectivity index (χ4v) is 2.81. The molecule has 1 N–H and O–H groups in total. The van der Waals surface area contributed by atoms with Crippen molar-refractivity contribution in [2.24, 2.45) is 5.92 Å². The van der Waals surface area contributed by atoms with Gasteiger partial charge in [0.2, 0.25) is 0 Å². The topological polar surface area (TPSA) is 12.0 Å². The fraction of sp³-hybridized carbons (Fsp3) is 0.571. The van der Waals surface area contributed by atoms with Crippen LogP contribution in [0, 0.1) is 12.8 Å². The number of benzene rings is 1. The van der Waals surface area contributed by atoms with Gasteiger partial charge in [0.05, 0.1) is 0 Å². The van der Waals surface area contributed by atoms with E-state index in [1.807, 2.05) is 0 Å². The lowest BCUT2D eigenvalue weighted by molar-refractivity contribution is 0.330. The van der Waals surface area contributed by atoms with E-state index < -0.39 is 0 Å². The van der Waals surface area contributed by atoms with E-state index in [0.717, 1.165) is 5.92 Å². The van der Waals surface area contributed by atoms with Gasteiger partial charge in [-0.3, -0.25) is 0 Å². The Morgan fingerprint density at radius 3 is 2.62 bits per heavy atom. The summed E-state index contributed by atoms with van der Waals surface area (Å²) >= 11 is 3.56. The number of piperidine rings is 1. The standard InChI is InChI=1S/C14H20BrN/c1-10-9-13(3-4-14(10)15)11(2)12-5-7-16-8-6-12/h3-4,9,11-12,16H,5-8H2,1-2H3. The van der Waals surface area contributed by atoms with Gasteiger partial charge in [-0.15, -0.1) is 0 Å². The summed E-state index contributed by atoms with van der Waals surface area (Å²) in [5.41, 5.74) is 2.84. The van der Waals surface area contributed by atoms with Gasteiger partial charge >= 0.3 is 0 Å². The van der Waals surface area contributed by atoms with Gasteiger partial charge in [0, 0.05) is 4.47 Å². The second-order valence-corrected chi connectivity index (χ2v) is 5.74. The van der Waals surface area contributed by atoms with Gasteiger partial charge in [0.1, 0.15) is 0 Å². The van der Waals surface area contributed by atoms with Crippen LogP contribution in [0.15, 0.2) is 22.7 Å². The van der Waals surface area contributed by atoms with E-state index in [9.17, 15) is 0 Å². The monoisotopic (exact) mass is 281 g/mol. The molecule has 1 aromatic carbocycles. The summed E-state index contributed by atoms with van der Waals surface area (Å²) in [4.78, 5) is 0. The van der Waals surface area contributed by atoms with Gasteiger partial charge in [0.25, 0.3) is 0 Å². The van der Waals surface area contributed by atoms with Crippen LogP contribution < -0.4 is 5.32 Å². The van der Waals surface area contributed by atoms with Crippen LogP contribution in [0.4, 0.5) is 0 Å². The van der Waals surface area contributed by atoms with Gasteiger partial charge in [-0.2, -0.15) is 0 Å². The molecule has 88 valence electrons. The predicted molar refractivity (Wildman–Crippen MR) is 72.9 cm³/mol. The number of hydrogen-bond donors (Lipinski definition) is 1. The van der Waals surface area contributed by atoms with Crippen molar-refractivity contribution in [1.82, 2.24) is 5.32 Å². The summed E-state index contributed by atoms with van der Waals surface area (Å²) in [6.45, 7) is 6.91. The molecule has 1 saturated heterocycles. The highest BCUT2D eigenvalue weighted by molar-refractivity contribution is 9.10. The molecular formula is C14H20BrN. The van der Waals surface area contributed by atoms with E-state index in [2.05, 4.69) is 53.3 Å². The van der Waals surface area contributed by atoms with Gasteiger partial charge in [-0.05, 0) is 61.9 Å². The first kappa shape index (κ1) is 12.1. The maximum Gasteiger partial charge on any atom is 0.0204 e. The summed E-state index contributed by atoms with van der Waals surface area (Å²) in [5, 5.41) is 3.43. The molecule has 1 aliphatic heterocycles. The van der Waals surface area contributed by atoms with Gasteiger partial charge in [-0.1, -0.05) is 35.0 Å². The minimum absolute atomic E-state index is 0.689. The lowest BCUT2D eigenvalue weighted by Gasteiger charge is -2.28. The van der Waals surface area contributed by atoms with Gasteiger partial charge < -0.3 is 5.32 Å². The van der Waals surface area contributed by atoms with E-state index in [1.165, 1.54) is 41.5 Å². The Hall–Kier alpha value is -0.340. The molecule has 0 spiro atoms. The van der Waals surface area contributed by atoms with Crippen LogP contribution in [0.3, 0.4) is 0 Å². The molecule has 0 saturated carbocycles. The van der Waals surface area contributed by atoms with Crippen molar-refractivity contribution >= 4 is 15.9 Å². The van der Waals surface area contributed by atoms with Gasteiger partial charge in [-0.25, -0.2) is 0 Å². The zero-order valence-corrected chi connectivity index (χ0v) is 11.7. The minimum atomic E-state index is 0.689. The zero-order valence-electron chi connectivity index (χ0n) is 10.1. The Morgan fingerprint density at radius 2 is 2.00 bits per heavy atom.